The molecule has 0 aliphatic heterocycles. The minimum atomic E-state index is -0.353. The van der Waals surface area contributed by atoms with Crippen molar-refractivity contribution >= 4 is 12.0 Å². The van der Waals surface area contributed by atoms with E-state index in [1.165, 1.54) is 12.1 Å². The van der Waals surface area contributed by atoms with Crippen LogP contribution in [0.1, 0.15) is 51.5 Å². The number of nitriles is 1. The van der Waals surface area contributed by atoms with Crippen molar-refractivity contribution in [2.45, 2.75) is 52.0 Å². The van der Waals surface area contributed by atoms with Crippen LogP contribution in [0.5, 0.6) is 5.75 Å². The number of nitrogens with zero attached hydrogens (tertiary/aromatic N) is 1. The highest BCUT2D eigenvalue weighted by Gasteiger charge is 2.14. The predicted octanol–water partition coefficient (Wildman–Crippen LogP) is 3.77. The Balaban J connectivity index is 2.73. The summed E-state index contributed by atoms with van der Waals surface area (Å²) >= 11 is 0. The Morgan fingerprint density at radius 2 is 2.18 bits per heavy atom. The van der Waals surface area contributed by atoms with Gasteiger partial charge in [-0.1, -0.05) is 45.2 Å². The van der Waals surface area contributed by atoms with E-state index in [2.05, 4.69) is 12.2 Å². The van der Waals surface area contributed by atoms with Gasteiger partial charge < -0.3 is 10.4 Å². The number of phenols is 1. The van der Waals surface area contributed by atoms with Gasteiger partial charge in [0.2, 0.25) is 0 Å². The van der Waals surface area contributed by atoms with Crippen molar-refractivity contribution in [3.05, 3.63) is 35.4 Å². The van der Waals surface area contributed by atoms with Gasteiger partial charge in [0, 0.05) is 6.04 Å². The maximum absolute atomic E-state index is 12.2. The summed E-state index contributed by atoms with van der Waals surface area (Å²) in [4.78, 5) is 12.2. The minimum Gasteiger partial charge on any atom is -0.508 e. The number of phenolic OH excluding ortho intramolecular Hbond substituents is 1. The SMILES string of the molecule is CCCCCC(CC)NC(=O)/C(C#N)=C/c1cccc(O)c1. The molecule has 0 fully saturated rings. The summed E-state index contributed by atoms with van der Waals surface area (Å²) in [5.74, 6) is -0.244. The minimum absolute atomic E-state index is 0.0551. The summed E-state index contributed by atoms with van der Waals surface area (Å²) in [6.45, 7) is 4.17. The Kier molecular flexibility index (Phi) is 7.77. The lowest BCUT2D eigenvalue weighted by atomic mass is 10.1. The molecular weight excluding hydrogens is 276 g/mol. The monoisotopic (exact) mass is 300 g/mol. The Labute approximate surface area is 132 Å². The van der Waals surface area contributed by atoms with Crippen molar-refractivity contribution in [2.24, 2.45) is 0 Å². The fourth-order valence-electron chi connectivity index (χ4n) is 2.21. The quantitative estimate of drug-likeness (QED) is 0.436. The number of unbranched alkanes of at least 4 members (excludes halogenated alkanes) is 2. The van der Waals surface area contributed by atoms with Crippen LogP contribution in [0.15, 0.2) is 29.8 Å². The zero-order valence-electron chi connectivity index (χ0n) is 13.3. The summed E-state index contributed by atoms with van der Waals surface area (Å²) in [7, 11) is 0. The first-order chi connectivity index (χ1) is 10.6. The lowest BCUT2D eigenvalue weighted by molar-refractivity contribution is -0.117. The Hall–Kier alpha value is -2.28. The molecule has 4 nitrogen and oxygen atoms in total. The summed E-state index contributed by atoms with van der Waals surface area (Å²) < 4.78 is 0. The maximum Gasteiger partial charge on any atom is 0.262 e. The van der Waals surface area contributed by atoms with E-state index in [1.807, 2.05) is 13.0 Å². The standard InChI is InChI=1S/C18H24N2O2/c1-3-5-6-9-16(4-2)20-18(22)15(13-19)11-14-8-7-10-17(21)12-14/h7-8,10-12,16,21H,3-6,9H2,1-2H3,(H,20,22)/b15-11+. The topological polar surface area (TPSA) is 73.1 Å². The molecule has 0 saturated heterocycles. The number of carbonyl (C=O) groups is 1. The van der Waals surface area contributed by atoms with E-state index in [0.29, 0.717) is 5.56 Å². The van der Waals surface area contributed by atoms with Crippen LogP contribution in [-0.2, 0) is 4.79 Å². The van der Waals surface area contributed by atoms with Gasteiger partial charge in [-0.3, -0.25) is 4.79 Å². The van der Waals surface area contributed by atoms with E-state index in [9.17, 15) is 15.2 Å². The molecule has 1 aromatic carbocycles. The molecule has 22 heavy (non-hydrogen) atoms. The first-order valence-corrected chi connectivity index (χ1v) is 7.82. The van der Waals surface area contributed by atoms with Gasteiger partial charge in [0.05, 0.1) is 0 Å². The third kappa shape index (κ3) is 6.01. The van der Waals surface area contributed by atoms with Crippen LogP contribution in [0.2, 0.25) is 0 Å². The molecular formula is C18H24N2O2. The third-order valence-electron chi connectivity index (χ3n) is 3.53. The first-order valence-electron chi connectivity index (χ1n) is 7.82. The van der Waals surface area contributed by atoms with Crippen molar-refractivity contribution in [2.75, 3.05) is 0 Å². The molecule has 0 aliphatic carbocycles. The Morgan fingerprint density at radius 1 is 1.41 bits per heavy atom. The smallest absolute Gasteiger partial charge is 0.262 e. The number of nitrogens with one attached hydrogen (secondary N) is 1. The maximum atomic E-state index is 12.2. The van der Waals surface area contributed by atoms with Crippen LogP contribution >= 0.6 is 0 Å². The number of hydrogen-bond acceptors (Lipinski definition) is 3. The van der Waals surface area contributed by atoms with Gasteiger partial charge in [0.15, 0.2) is 0 Å². The summed E-state index contributed by atoms with van der Waals surface area (Å²) in [5.41, 5.74) is 0.685. The average molecular weight is 300 g/mol. The Bertz CT molecular complexity index is 558. The van der Waals surface area contributed by atoms with Crippen LogP contribution < -0.4 is 5.32 Å². The van der Waals surface area contributed by atoms with E-state index in [1.54, 1.807) is 18.2 Å². The second kappa shape index (κ2) is 9.62. The first kappa shape index (κ1) is 17.8. The molecule has 0 heterocycles. The lowest BCUT2D eigenvalue weighted by Gasteiger charge is -2.16. The van der Waals surface area contributed by atoms with Crippen LogP contribution in [0.4, 0.5) is 0 Å². The van der Waals surface area contributed by atoms with E-state index >= 15 is 0 Å². The van der Waals surface area contributed by atoms with Crippen molar-refractivity contribution in [1.82, 2.24) is 5.32 Å². The van der Waals surface area contributed by atoms with Crippen LogP contribution in [-0.4, -0.2) is 17.1 Å². The fourth-order valence-corrected chi connectivity index (χ4v) is 2.21. The van der Waals surface area contributed by atoms with Crippen LogP contribution in [0.25, 0.3) is 6.08 Å². The fraction of sp³-hybridized carbons (Fsp3) is 0.444. The zero-order chi connectivity index (χ0) is 16.4. The normalized spacial score (nSPS) is 12.5. The van der Waals surface area contributed by atoms with E-state index in [-0.39, 0.29) is 23.3 Å². The molecule has 0 aromatic heterocycles. The summed E-state index contributed by atoms with van der Waals surface area (Å²) in [6, 6.07) is 8.51. The van der Waals surface area contributed by atoms with Gasteiger partial charge in [0.1, 0.15) is 17.4 Å². The van der Waals surface area contributed by atoms with Crippen molar-refractivity contribution in [3.63, 3.8) is 0 Å². The average Bonchev–Trinajstić information content (AvgIpc) is 2.51. The van der Waals surface area contributed by atoms with Gasteiger partial charge in [-0.25, -0.2) is 0 Å². The molecule has 0 saturated carbocycles. The predicted molar refractivity (Wildman–Crippen MR) is 88.1 cm³/mol. The lowest BCUT2D eigenvalue weighted by Crippen LogP contribution is -2.35. The van der Waals surface area contributed by atoms with Crippen molar-refractivity contribution in [1.29, 1.82) is 5.26 Å². The van der Waals surface area contributed by atoms with E-state index in [0.717, 1.165) is 32.1 Å². The van der Waals surface area contributed by atoms with Gasteiger partial charge in [-0.15, -0.1) is 0 Å². The molecule has 1 aromatic rings. The Morgan fingerprint density at radius 3 is 2.77 bits per heavy atom. The molecule has 1 unspecified atom stereocenters. The molecule has 0 bridgehead atoms. The zero-order valence-corrected chi connectivity index (χ0v) is 13.3. The number of benzene rings is 1. The van der Waals surface area contributed by atoms with Gasteiger partial charge in [-0.05, 0) is 36.6 Å². The molecule has 0 radical (unpaired) electrons. The number of rotatable bonds is 8. The van der Waals surface area contributed by atoms with Gasteiger partial charge in [-0.2, -0.15) is 5.26 Å². The summed E-state index contributed by atoms with van der Waals surface area (Å²) in [5, 5.41) is 21.5. The van der Waals surface area contributed by atoms with Crippen molar-refractivity contribution < 1.29 is 9.90 Å². The molecule has 4 heteroatoms. The summed E-state index contributed by atoms with van der Waals surface area (Å²) in [6.07, 6.45) is 6.64. The highest BCUT2D eigenvalue weighted by molar-refractivity contribution is 6.01. The molecule has 0 aliphatic rings. The molecule has 0 spiro atoms. The second-order valence-corrected chi connectivity index (χ2v) is 5.34. The third-order valence-corrected chi connectivity index (χ3v) is 3.53. The second-order valence-electron chi connectivity index (χ2n) is 5.34. The van der Waals surface area contributed by atoms with Crippen LogP contribution in [0.3, 0.4) is 0 Å². The number of carbonyl (C=O) groups excluding carboxylic acids is 1. The van der Waals surface area contributed by atoms with Crippen LogP contribution in [0, 0.1) is 11.3 Å². The molecule has 118 valence electrons. The largest absolute Gasteiger partial charge is 0.508 e. The molecule has 2 N–H and O–H groups in total. The molecule has 1 rings (SSSR count). The highest BCUT2D eigenvalue weighted by Crippen LogP contribution is 2.14. The van der Waals surface area contributed by atoms with Crippen molar-refractivity contribution in [3.8, 4) is 11.8 Å². The van der Waals surface area contributed by atoms with E-state index < -0.39 is 0 Å². The van der Waals surface area contributed by atoms with Gasteiger partial charge in [0.25, 0.3) is 5.91 Å². The van der Waals surface area contributed by atoms with Gasteiger partial charge >= 0.3 is 0 Å². The van der Waals surface area contributed by atoms with E-state index in [4.69, 9.17) is 0 Å². The number of amides is 1. The molecule has 1 amide bonds. The number of aromatic hydroxyl groups is 1. The highest BCUT2D eigenvalue weighted by atomic mass is 16.3. The number of hydrogen-bond donors (Lipinski definition) is 2. The molecule has 1 atom stereocenters.